The highest BCUT2D eigenvalue weighted by Crippen LogP contribution is 2.42. The Bertz CT molecular complexity index is 1500. The first-order valence-electron chi connectivity index (χ1n) is 11.2. The molecule has 1 aliphatic rings. The number of pyridine rings is 1. The minimum absolute atomic E-state index is 0.524. The summed E-state index contributed by atoms with van der Waals surface area (Å²) in [6.45, 7) is 1.96. The van der Waals surface area contributed by atoms with Gasteiger partial charge in [0, 0.05) is 34.7 Å². The number of imidazole rings is 1. The smallest absolute Gasteiger partial charge is 0.247 e. The highest BCUT2D eigenvalue weighted by atomic mass is 35.5. The predicted molar refractivity (Wildman–Crippen MR) is 134 cm³/mol. The number of anilines is 2. The van der Waals surface area contributed by atoms with Gasteiger partial charge in [0.25, 0.3) is 0 Å². The molecule has 6 rings (SSSR count). The van der Waals surface area contributed by atoms with Crippen LogP contribution in [0.3, 0.4) is 0 Å². The van der Waals surface area contributed by atoms with Gasteiger partial charge in [-0.2, -0.15) is 4.98 Å². The van der Waals surface area contributed by atoms with Crippen LogP contribution in [-0.2, 0) is 0 Å². The van der Waals surface area contributed by atoms with E-state index in [2.05, 4.69) is 22.6 Å². The second-order valence-electron chi connectivity index (χ2n) is 8.61. The molecule has 0 radical (unpaired) electrons. The van der Waals surface area contributed by atoms with Crippen molar-refractivity contribution in [1.29, 1.82) is 0 Å². The highest BCUT2D eigenvalue weighted by molar-refractivity contribution is 6.30. The molecule has 0 atom stereocenters. The fourth-order valence-corrected chi connectivity index (χ4v) is 4.32. The number of fused-ring (bicyclic) bond motifs is 1. The summed E-state index contributed by atoms with van der Waals surface area (Å²) < 4.78 is 9.45. The SMILES string of the molecule is COc1cc(Nc2nc3c(-c4ccc(Cl)cc4)cc(C4CC4)cn3n2)ccc1-n1cnc(C)c1. The summed E-state index contributed by atoms with van der Waals surface area (Å²) in [4.78, 5) is 9.13. The summed E-state index contributed by atoms with van der Waals surface area (Å²) in [5.74, 6) is 1.85. The zero-order valence-corrected chi connectivity index (χ0v) is 19.6. The molecule has 1 saturated carbocycles. The topological polar surface area (TPSA) is 69.3 Å². The first kappa shape index (κ1) is 20.7. The van der Waals surface area contributed by atoms with Crippen molar-refractivity contribution in [2.75, 3.05) is 12.4 Å². The van der Waals surface area contributed by atoms with Gasteiger partial charge in [0.15, 0.2) is 5.65 Å². The van der Waals surface area contributed by atoms with Crippen molar-refractivity contribution in [3.05, 3.63) is 83.5 Å². The molecule has 0 unspecified atom stereocenters. The van der Waals surface area contributed by atoms with Gasteiger partial charge >= 0.3 is 0 Å². The Labute approximate surface area is 202 Å². The number of aryl methyl sites for hydroxylation is 1. The first-order valence-corrected chi connectivity index (χ1v) is 11.6. The highest BCUT2D eigenvalue weighted by Gasteiger charge is 2.25. The third-order valence-electron chi connectivity index (χ3n) is 6.08. The van der Waals surface area contributed by atoms with E-state index in [-0.39, 0.29) is 0 Å². The zero-order chi connectivity index (χ0) is 23.2. The van der Waals surface area contributed by atoms with Crippen LogP contribution in [0, 0.1) is 6.92 Å². The number of nitrogens with zero attached hydrogens (tertiary/aromatic N) is 5. The van der Waals surface area contributed by atoms with Gasteiger partial charge in [-0.3, -0.25) is 0 Å². The van der Waals surface area contributed by atoms with Gasteiger partial charge in [-0.05, 0) is 67.1 Å². The molecular weight excluding hydrogens is 448 g/mol. The van der Waals surface area contributed by atoms with Crippen LogP contribution in [-0.4, -0.2) is 31.3 Å². The summed E-state index contributed by atoms with van der Waals surface area (Å²) in [5, 5.41) is 8.78. The Hall–Kier alpha value is -3.84. The van der Waals surface area contributed by atoms with Gasteiger partial charge in [0.1, 0.15) is 5.75 Å². The van der Waals surface area contributed by atoms with Crippen LogP contribution in [0.4, 0.5) is 11.6 Å². The average molecular weight is 471 g/mol. The predicted octanol–water partition coefficient (Wildman–Crippen LogP) is 6.17. The fraction of sp³-hybridized carbons (Fsp3) is 0.192. The summed E-state index contributed by atoms with van der Waals surface area (Å²) in [6.07, 6.45) is 8.27. The zero-order valence-electron chi connectivity index (χ0n) is 18.9. The van der Waals surface area contributed by atoms with Crippen molar-refractivity contribution in [1.82, 2.24) is 24.1 Å². The van der Waals surface area contributed by atoms with Crippen molar-refractivity contribution in [2.45, 2.75) is 25.7 Å². The van der Waals surface area contributed by atoms with Crippen LogP contribution in [0.5, 0.6) is 5.75 Å². The van der Waals surface area contributed by atoms with Gasteiger partial charge in [0.2, 0.25) is 5.95 Å². The van der Waals surface area contributed by atoms with Crippen molar-refractivity contribution in [2.24, 2.45) is 0 Å². The maximum atomic E-state index is 6.12. The van der Waals surface area contributed by atoms with E-state index in [0.29, 0.717) is 16.9 Å². The van der Waals surface area contributed by atoms with Gasteiger partial charge in [-0.1, -0.05) is 23.7 Å². The molecular formula is C26H23ClN6O. The third-order valence-corrected chi connectivity index (χ3v) is 6.34. The van der Waals surface area contributed by atoms with E-state index in [0.717, 1.165) is 39.6 Å². The summed E-state index contributed by atoms with van der Waals surface area (Å²) in [7, 11) is 1.66. The molecule has 2 aromatic carbocycles. The molecule has 0 amide bonds. The Morgan fingerprint density at radius 1 is 1.06 bits per heavy atom. The molecule has 0 saturated heterocycles. The van der Waals surface area contributed by atoms with Crippen LogP contribution in [0.1, 0.15) is 30.0 Å². The number of rotatable bonds is 6. The van der Waals surface area contributed by atoms with E-state index >= 15 is 0 Å². The van der Waals surface area contributed by atoms with E-state index in [1.165, 1.54) is 18.4 Å². The molecule has 1 aliphatic carbocycles. The quantitative estimate of drug-likeness (QED) is 0.321. The lowest BCUT2D eigenvalue weighted by molar-refractivity contribution is 0.413. The number of benzene rings is 2. The molecule has 34 heavy (non-hydrogen) atoms. The minimum atomic E-state index is 0.524. The number of halogens is 1. The maximum Gasteiger partial charge on any atom is 0.247 e. The summed E-state index contributed by atoms with van der Waals surface area (Å²) in [5.41, 5.74) is 6.89. The Kier molecular flexibility index (Phi) is 4.99. The Balaban J connectivity index is 1.38. The number of methoxy groups -OCH3 is 1. The standard InChI is InChI=1S/C26H23ClN6O/c1-16-13-32(15-28-16)23-10-9-21(12-24(23)34-2)29-26-30-25-22(18-5-7-20(27)8-6-18)11-19(17-3-4-17)14-33(25)31-26/h5-15,17H,3-4H2,1-2H3,(H,29,31). The lowest BCUT2D eigenvalue weighted by atomic mass is 10.0. The minimum Gasteiger partial charge on any atom is -0.494 e. The number of hydrogen-bond acceptors (Lipinski definition) is 5. The molecule has 0 aliphatic heterocycles. The third kappa shape index (κ3) is 3.88. The lowest BCUT2D eigenvalue weighted by Gasteiger charge is -2.11. The average Bonchev–Trinajstić information content (AvgIpc) is 3.48. The van der Waals surface area contributed by atoms with Gasteiger partial charge in [-0.25, -0.2) is 9.50 Å². The molecule has 5 aromatic rings. The summed E-state index contributed by atoms with van der Waals surface area (Å²) in [6, 6.07) is 16.0. The molecule has 0 spiro atoms. The van der Waals surface area contributed by atoms with Crippen LogP contribution >= 0.6 is 11.6 Å². The normalized spacial score (nSPS) is 13.4. The largest absolute Gasteiger partial charge is 0.494 e. The van der Waals surface area contributed by atoms with E-state index in [4.69, 9.17) is 26.4 Å². The van der Waals surface area contributed by atoms with Crippen LogP contribution in [0.2, 0.25) is 5.02 Å². The van der Waals surface area contributed by atoms with Crippen LogP contribution in [0.15, 0.2) is 67.3 Å². The van der Waals surface area contributed by atoms with Crippen molar-refractivity contribution in [3.63, 3.8) is 0 Å². The molecule has 7 nitrogen and oxygen atoms in total. The number of nitrogens with one attached hydrogen (secondary N) is 1. The lowest BCUT2D eigenvalue weighted by Crippen LogP contribution is -1.98. The van der Waals surface area contributed by atoms with E-state index in [1.54, 1.807) is 13.4 Å². The summed E-state index contributed by atoms with van der Waals surface area (Å²) >= 11 is 6.12. The molecule has 0 bridgehead atoms. The Morgan fingerprint density at radius 2 is 1.88 bits per heavy atom. The number of hydrogen-bond donors (Lipinski definition) is 1. The second-order valence-corrected chi connectivity index (χ2v) is 9.04. The molecule has 3 aromatic heterocycles. The van der Waals surface area contributed by atoms with E-state index in [9.17, 15) is 0 Å². The van der Waals surface area contributed by atoms with Crippen LogP contribution in [0.25, 0.3) is 22.5 Å². The van der Waals surface area contributed by atoms with Gasteiger partial charge in [0.05, 0.1) is 24.8 Å². The molecule has 8 heteroatoms. The Morgan fingerprint density at radius 3 is 2.59 bits per heavy atom. The van der Waals surface area contributed by atoms with Crippen molar-refractivity contribution in [3.8, 4) is 22.6 Å². The van der Waals surface area contributed by atoms with E-state index in [1.807, 2.05) is 64.7 Å². The van der Waals surface area contributed by atoms with Crippen molar-refractivity contribution < 1.29 is 4.74 Å². The van der Waals surface area contributed by atoms with Gasteiger partial charge < -0.3 is 14.6 Å². The molecule has 1 N–H and O–H groups in total. The molecule has 1 fully saturated rings. The second kappa shape index (κ2) is 8.18. The first-order chi connectivity index (χ1) is 16.6. The fourth-order valence-electron chi connectivity index (χ4n) is 4.19. The molecule has 170 valence electrons. The molecule has 3 heterocycles. The monoisotopic (exact) mass is 470 g/mol. The maximum absolute atomic E-state index is 6.12. The van der Waals surface area contributed by atoms with Crippen LogP contribution < -0.4 is 10.1 Å². The number of aromatic nitrogens is 5. The number of ether oxygens (including phenoxy) is 1. The van der Waals surface area contributed by atoms with Gasteiger partial charge in [-0.15, -0.1) is 5.10 Å². The van der Waals surface area contributed by atoms with E-state index < -0.39 is 0 Å². The van der Waals surface area contributed by atoms with Crippen molar-refractivity contribution >= 4 is 28.9 Å².